The van der Waals surface area contributed by atoms with E-state index in [2.05, 4.69) is 0 Å². The number of hydrogen-bond acceptors (Lipinski definition) is 7. The smallest absolute Gasteiger partial charge is 0.330 e. The molecule has 1 aliphatic rings. The normalized spacial score (nSPS) is 20.8. The van der Waals surface area contributed by atoms with Gasteiger partial charge in [0.25, 0.3) is 11.6 Å². The van der Waals surface area contributed by atoms with Gasteiger partial charge in [0, 0.05) is 29.2 Å². The highest BCUT2D eigenvalue weighted by molar-refractivity contribution is 6.04. The van der Waals surface area contributed by atoms with Gasteiger partial charge < -0.3 is 19.5 Å². The van der Waals surface area contributed by atoms with Gasteiger partial charge in [-0.1, -0.05) is 72.3 Å². The molecule has 10 nitrogen and oxygen atoms in total. The zero-order valence-corrected chi connectivity index (χ0v) is 25.2. The Bertz CT molecular complexity index is 1760. The number of hydrogen-bond donors (Lipinski definition) is 1. The Morgan fingerprint density at radius 2 is 1.42 bits per heavy atom. The van der Waals surface area contributed by atoms with Crippen molar-refractivity contribution in [3.63, 3.8) is 0 Å². The molecule has 1 N–H and O–H groups in total. The fourth-order valence-corrected chi connectivity index (χ4v) is 6.36. The molecule has 1 amide bonds. The van der Waals surface area contributed by atoms with E-state index in [0.29, 0.717) is 22.4 Å². The Morgan fingerprint density at radius 3 is 1.98 bits per heavy atom. The standard InChI is InChI=1S/C35H32N2O8/c1-21-10-12-23(13-11-21)31-29(32(38)24-8-6-5-7-9-24)30(22-14-17-26(18-15-22)37(42)43)35(2,34(40)41)36(31)33(39)25-16-19-27(44-3)28(20-25)45-4/h5-20,29-31H,1-4H3,(H,40,41). The number of aliphatic carboxylic acids is 1. The van der Waals surface area contributed by atoms with Crippen LogP contribution in [0.2, 0.25) is 0 Å². The lowest BCUT2D eigenvalue weighted by molar-refractivity contribution is -0.384. The summed E-state index contributed by atoms with van der Waals surface area (Å²) in [5, 5.41) is 22.5. The molecule has 45 heavy (non-hydrogen) atoms. The molecule has 0 spiro atoms. The van der Waals surface area contributed by atoms with Gasteiger partial charge in [-0.25, -0.2) is 4.79 Å². The molecule has 1 aliphatic heterocycles. The Balaban J connectivity index is 1.82. The van der Waals surface area contributed by atoms with Gasteiger partial charge >= 0.3 is 5.97 Å². The first kappa shape index (κ1) is 30.9. The average molecular weight is 609 g/mol. The first-order valence-corrected chi connectivity index (χ1v) is 14.2. The summed E-state index contributed by atoms with van der Waals surface area (Å²) >= 11 is 0. The van der Waals surface area contributed by atoms with Crippen LogP contribution in [0.3, 0.4) is 0 Å². The van der Waals surface area contributed by atoms with E-state index in [1.54, 1.807) is 48.5 Å². The molecule has 0 radical (unpaired) electrons. The highest BCUT2D eigenvalue weighted by Gasteiger charge is 2.65. The number of amides is 1. The molecule has 1 saturated heterocycles. The van der Waals surface area contributed by atoms with Crippen molar-refractivity contribution in [3.05, 3.63) is 135 Å². The zero-order chi connectivity index (χ0) is 32.5. The first-order valence-electron chi connectivity index (χ1n) is 14.2. The lowest BCUT2D eigenvalue weighted by Gasteiger charge is -2.38. The largest absolute Gasteiger partial charge is 0.493 e. The van der Waals surface area contributed by atoms with Gasteiger partial charge in [0.1, 0.15) is 5.54 Å². The van der Waals surface area contributed by atoms with Crippen molar-refractivity contribution >= 4 is 23.3 Å². The van der Waals surface area contributed by atoms with E-state index in [9.17, 15) is 29.6 Å². The van der Waals surface area contributed by atoms with Crippen LogP contribution in [-0.4, -0.2) is 52.3 Å². The lowest BCUT2D eigenvalue weighted by Crippen LogP contribution is -2.54. The summed E-state index contributed by atoms with van der Waals surface area (Å²) in [4.78, 5) is 55.0. The van der Waals surface area contributed by atoms with Crippen LogP contribution in [0.15, 0.2) is 97.1 Å². The number of carbonyl (C=O) groups excluding carboxylic acids is 2. The molecule has 5 rings (SSSR count). The predicted molar refractivity (Wildman–Crippen MR) is 166 cm³/mol. The molecule has 4 aromatic carbocycles. The molecule has 4 atom stereocenters. The monoisotopic (exact) mass is 608 g/mol. The van der Waals surface area contributed by atoms with E-state index >= 15 is 0 Å². The minimum Gasteiger partial charge on any atom is -0.493 e. The number of ketones is 1. The number of nitro benzene ring substituents is 1. The van der Waals surface area contributed by atoms with Crippen molar-refractivity contribution in [1.29, 1.82) is 0 Å². The van der Waals surface area contributed by atoms with E-state index in [1.807, 2.05) is 19.1 Å². The average Bonchev–Trinajstić information content (AvgIpc) is 3.34. The molecular weight excluding hydrogens is 576 g/mol. The van der Waals surface area contributed by atoms with Crippen molar-refractivity contribution in [3.8, 4) is 11.5 Å². The number of nitrogens with zero attached hydrogens (tertiary/aromatic N) is 2. The minimum atomic E-state index is -1.98. The summed E-state index contributed by atoms with van der Waals surface area (Å²) in [6, 6.07) is 24.8. The van der Waals surface area contributed by atoms with Gasteiger partial charge in [-0.2, -0.15) is 0 Å². The molecule has 0 aromatic heterocycles. The van der Waals surface area contributed by atoms with Crippen LogP contribution in [0.5, 0.6) is 11.5 Å². The van der Waals surface area contributed by atoms with Gasteiger partial charge in [0.15, 0.2) is 17.3 Å². The van der Waals surface area contributed by atoms with Crippen molar-refractivity contribution in [2.45, 2.75) is 31.3 Å². The van der Waals surface area contributed by atoms with Crippen LogP contribution in [0, 0.1) is 23.0 Å². The molecule has 0 bridgehead atoms. The van der Waals surface area contributed by atoms with E-state index in [1.165, 1.54) is 62.4 Å². The van der Waals surface area contributed by atoms with Crippen molar-refractivity contribution in [2.24, 2.45) is 5.92 Å². The molecule has 10 heteroatoms. The minimum absolute atomic E-state index is 0.132. The number of carboxylic acids is 1. The molecule has 0 aliphatic carbocycles. The number of carbonyl (C=O) groups is 3. The summed E-state index contributed by atoms with van der Waals surface area (Å²) in [5.41, 5.74) is 0.194. The number of rotatable bonds is 9. The summed E-state index contributed by atoms with van der Waals surface area (Å²) in [6.07, 6.45) is 0. The first-order chi connectivity index (χ1) is 21.5. The number of ether oxygens (including phenoxy) is 2. The Hall–Kier alpha value is -5.51. The van der Waals surface area contributed by atoms with Crippen LogP contribution in [0.1, 0.15) is 56.3 Å². The number of Topliss-reactive ketones (excluding diaryl/α,β-unsaturated/α-hetero) is 1. The maximum Gasteiger partial charge on any atom is 0.330 e. The van der Waals surface area contributed by atoms with E-state index in [4.69, 9.17) is 9.47 Å². The maximum absolute atomic E-state index is 14.7. The van der Waals surface area contributed by atoms with Gasteiger partial charge in [-0.05, 0) is 43.2 Å². The highest BCUT2D eigenvalue weighted by atomic mass is 16.6. The fraction of sp³-hybridized carbons (Fsp3) is 0.229. The predicted octanol–water partition coefficient (Wildman–Crippen LogP) is 6.24. The quantitative estimate of drug-likeness (QED) is 0.134. The van der Waals surface area contributed by atoms with Crippen LogP contribution < -0.4 is 9.47 Å². The second kappa shape index (κ2) is 12.2. The van der Waals surface area contributed by atoms with Gasteiger partial charge in [-0.3, -0.25) is 19.7 Å². The summed E-state index contributed by atoms with van der Waals surface area (Å²) in [6.45, 7) is 3.33. The highest BCUT2D eigenvalue weighted by Crippen LogP contribution is 2.57. The van der Waals surface area contributed by atoms with Crippen LogP contribution in [0.25, 0.3) is 0 Å². The van der Waals surface area contributed by atoms with Crippen LogP contribution >= 0.6 is 0 Å². The van der Waals surface area contributed by atoms with Gasteiger partial charge in [-0.15, -0.1) is 0 Å². The molecule has 4 unspecified atom stereocenters. The van der Waals surface area contributed by atoms with Crippen molar-refractivity contribution in [2.75, 3.05) is 14.2 Å². The third-order valence-electron chi connectivity index (χ3n) is 8.61. The number of non-ortho nitro benzene ring substituents is 1. The molecule has 1 heterocycles. The number of benzene rings is 4. The Morgan fingerprint density at radius 1 is 0.822 bits per heavy atom. The van der Waals surface area contributed by atoms with Crippen LogP contribution in [0.4, 0.5) is 5.69 Å². The fourth-order valence-electron chi connectivity index (χ4n) is 6.36. The third kappa shape index (κ3) is 5.39. The summed E-state index contributed by atoms with van der Waals surface area (Å²) in [7, 11) is 2.89. The van der Waals surface area contributed by atoms with Crippen LogP contribution in [-0.2, 0) is 4.79 Å². The van der Waals surface area contributed by atoms with E-state index < -0.39 is 40.2 Å². The Kier molecular flexibility index (Phi) is 8.41. The maximum atomic E-state index is 14.7. The number of carboxylic acid groups (broad SMARTS) is 1. The van der Waals surface area contributed by atoms with Gasteiger partial charge in [0.2, 0.25) is 0 Å². The SMILES string of the molecule is COc1ccc(C(=O)N2C(c3ccc(C)cc3)C(C(=O)c3ccccc3)C(c3ccc([N+](=O)[O-])cc3)C2(C)C(=O)O)cc1OC. The summed E-state index contributed by atoms with van der Waals surface area (Å²) < 4.78 is 10.8. The molecule has 230 valence electrons. The second-order valence-electron chi connectivity index (χ2n) is 11.1. The van der Waals surface area contributed by atoms with Crippen molar-refractivity contribution in [1.82, 2.24) is 4.90 Å². The van der Waals surface area contributed by atoms with Gasteiger partial charge in [0.05, 0.1) is 31.1 Å². The Labute approximate surface area is 260 Å². The third-order valence-corrected chi connectivity index (χ3v) is 8.61. The van der Waals surface area contributed by atoms with E-state index in [-0.39, 0.29) is 22.8 Å². The molecule has 4 aromatic rings. The second-order valence-corrected chi connectivity index (χ2v) is 11.1. The molecule has 1 fully saturated rings. The molecular formula is C35H32N2O8. The number of aryl methyl sites for hydroxylation is 1. The topological polar surface area (TPSA) is 136 Å². The number of nitro groups is 1. The number of likely N-dealkylation sites (tertiary alicyclic amines) is 1. The van der Waals surface area contributed by atoms with Crippen molar-refractivity contribution < 1.29 is 33.9 Å². The summed E-state index contributed by atoms with van der Waals surface area (Å²) in [5.74, 6) is -3.86. The van der Waals surface area contributed by atoms with E-state index in [0.717, 1.165) is 5.56 Å². The number of methoxy groups -OCH3 is 2. The molecule has 0 saturated carbocycles. The lowest BCUT2D eigenvalue weighted by atomic mass is 9.71. The zero-order valence-electron chi connectivity index (χ0n) is 25.2.